The van der Waals surface area contributed by atoms with Gasteiger partial charge in [-0.3, -0.25) is 9.10 Å². The molecule has 1 aliphatic rings. The van der Waals surface area contributed by atoms with Crippen molar-refractivity contribution in [1.29, 1.82) is 0 Å². The highest BCUT2D eigenvalue weighted by atomic mass is 32.2. The van der Waals surface area contributed by atoms with E-state index >= 15 is 0 Å². The molecular formula is C22H23NO6S. The molecule has 2 aromatic rings. The monoisotopic (exact) mass is 429 g/mol. The fourth-order valence-corrected chi connectivity index (χ4v) is 5.09. The first-order valence-electron chi connectivity index (χ1n) is 9.39. The fraction of sp³-hybridized carbons (Fsp3) is 0.273. The van der Waals surface area contributed by atoms with Crippen molar-refractivity contribution in [2.45, 2.75) is 24.7 Å². The Morgan fingerprint density at radius 1 is 1.13 bits per heavy atom. The zero-order valence-electron chi connectivity index (χ0n) is 17.0. The van der Waals surface area contributed by atoms with Gasteiger partial charge in [-0.05, 0) is 55.7 Å². The Labute approximate surface area is 176 Å². The van der Waals surface area contributed by atoms with Gasteiger partial charge in [-0.1, -0.05) is 12.1 Å². The van der Waals surface area contributed by atoms with E-state index in [0.717, 1.165) is 5.56 Å². The SMILES string of the molecule is COC(=O)C=Cc1cc(S(=O)(=O)N2CCCc3cccc(C(C)=O)c32)ccc1OC. The number of Topliss-reactive ketones (excluding diaryl/α,β-unsaturated/α-hetero) is 1. The summed E-state index contributed by atoms with van der Waals surface area (Å²) in [5.74, 6) is -0.343. The molecule has 0 aliphatic carbocycles. The number of hydrogen-bond donors (Lipinski definition) is 0. The Morgan fingerprint density at radius 2 is 1.90 bits per heavy atom. The number of carbonyl (C=O) groups excluding carboxylic acids is 2. The molecule has 0 atom stereocenters. The number of fused-ring (bicyclic) bond motifs is 1. The van der Waals surface area contributed by atoms with E-state index in [1.807, 2.05) is 6.07 Å². The molecule has 0 saturated heterocycles. The van der Waals surface area contributed by atoms with Crippen LogP contribution in [0.3, 0.4) is 0 Å². The third-order valence-electron chi connectivity index (χ3n) is 4.94. The van der Waals surface area contributed by atoms with E-state index < -0.39 is 16.0 Å². The first-order chi connectivity index (χ1) is 14.3. The van der Waals surface area contributed by atoms with Crippen molar-refractivity contribution in [1.82, 2.24) is 0 Å². The van der Waals surface area contributed by atoms with Crippen molar-refractivity contribution in [3.63, 3.8) is 0 Å². The number of carbonyl (C=O) groups is 2. The summed E-state index contributed by atoms with van der Waals surface area (Å²) >= 11 is 0. The predicted molar refractivity (Wildman–Crippen MR) is 113 cm³/mol. The molecule has 0 fully saturated rings. The van der Waals surface area contributed by atoms with Crippen molar-refractivity contribution in [3.05, 3.63) is 59.2 Å². The minimum atomic E-state index is -3.95. The summed E-state index contributed by atoms with van der Waals surface area (Å²) in [7, 11) is -1.24. The van der Waals surface area contributed by atoms with Gasteiger partial charge in [0.15, 0.2) is 5.78 Å². The highest BCUT2D eigenvalue weighted by Gasteiger charge is 2.32. The van der Waals surface area contributed by atoms with Gasteiger partial charge in [0.25, 0.3) is 10.0 Å². The maximum atomic E-state index is 13.5. The molecule has 3 rings (SSSR count). The second-order valence-corrected chi connectivity index (χ2v) is 8.67. The van der Waals surface area contributed by atoms with Gasteiger partial charge in [-0.25, -0.2) is 13.2 Å². The number of ketones is 1. The van der Waals surface area contributed by atoms with E-state index in [2.05, 4.69) is 4.74 Å². The number of ether oxygens (including phenoxy) is 2. The van der Waals surface area contributed by atoms with Crippen LogP contribution in [-0.4, -0.2) is 40.9 Å². The number of aryl methyl sites for hydroxylation is 1. The molecule has 0 unspecified atom stereocenters. The highest BCUT2D eigenvalue weighted by Crippen LogP contribution is 2.36. The third-order valence-corrected chi connectivity index (χ3v) is 6.74. The van der Waals surface area contributed by atoms with E-state index in [1.165, 1.54) is 55.8 Å². The number of anilines is 1. The number of para-hydroxylation sites is 1. The van der Waals surface area contributed by atoms with Gasteiger partial charge in [-0.2, -0.15) is 0 Å². The Balaban J connectivity index is 2.11. The number of hydrogen-bond acceptors (Lipinski definition) is 6. The molecule has 0 N–H and O–H groups in total. The molecule has 1 heterocycles. The molecule has 8 heteroatoms. The van der Waals surface area contributed by atoms with Crippen LogP contribution in [0, 0.1) is 0 Å². The zero-order chi connectivity index (χ0) is 21.9. The summed E-state index contributed by atoms with van der Waals surface area (Å²) in [6.07, 6.45) is 3.99. The number of nitrogens with zero attached hydrogens (tertiary/aromatic N) is 1. The average Bonchev–Trinajstić information content (AvgIpc) is 2.76. The molecule has 2 aromatic carbocycles. The van der Waals surface area contributed by atoms with Gasteiger partial charge in [-0.15, -0.1) is 0 Å². The standard InChI is InChI=1S/C22H23NO6S/c1-15(24)19-8-4-6-16-7-5-13-23(22(16)19)30(26,27)18-10-11-20(28-2)17(14-18)9-12-21(25)29-3/h4,6,8-12,14H,5,7,13H2,1-3H3. The lowest BCUT2D eigenvalue weighted by Crippen LogP contribution is -2.36. The molecule has 0 radical (unpaired) electrons. The largest absolute Gasteiger partial charge is 0.496 e. The highest BCUT2D eigenvalue weighted by molar-refractivity contribution is 7.92. The molecule has 0 amide bonds. The lowest BCUT2D eigenvalue weighted by Gasteiger charge is -2.32. The first-order valence-corrected chi connectivity index (χ1v) is 10.8. The van der Waals surface area contributed by atoms with Crippen LogP contribution >= 0.6 is 0 Å². The van der Waals surface area contributed by atoms with Crippen LogP contribution in [-0.2, 0) is 26.0 Å². The van der Waals surface area contributed by atoms with Gasteiger partial charge < -0.3 is 9.47 Å². The van der Waals surface area contributed by atoms with Crippen LogP contribution < -0.4 is 9.04 Å². The van der Waals surface area contributed by atoms with Gasteiger partial charge in [0, 0.05) is 23.7 Å². The van der Waals surface area contributed by atoms with Crippen molar-refractivity contribution in [2.24, 2.45) is 0 Å². The topological polar surface area (TPSA) is 90.0 Å². The fourth-order valence-electron chi connectivity index (χ4n) is 3.49. The summed E-state index contributed by atoms with van der Waals surface area (Å²) in [4.78, 5) is 23.6. The second-order valence-electron chi connectivity index (χ2n) is 6.81. The molecule has 0 aromatic heterocycles. The second kappa shape index (κ2) is 8.71. The van der Waals surface area contributed by atoms with Crippen molar-refractivity contribution in [2.75, 3.05) is 25.1 Å². The average molecular weight is 429 g/mol. The number of sulfonamides is 1. The minimum absolute atomic E-state index is 0.0408. The van der Waals surface area contributed by atoms with Crippen LogP contribution in [0.2, 0.25) is 0 Å². The third kappa shape index (κ3) is 4.09. The van der Waals surface area contributed by atoms with Gasteiger partial charge in [0.1, 0.15) is 5.75 Å². The first kappa shape index (κ1) is 21.6. The summed E-state index contributed by atoms with van der Waals surface area (Å²) in [5, 5.41) is 0. The lowest BCUT2D eigenvalue weighted by molar-refractivity contribution is -0.134. The number of benzene rings is 2. The van der Waals surface area contributed by atoms with Crippen LogP contribution in [0.15, 0.2) is 47.4 Å². The Morgan fingerprint density at radius 3 is 2.57 bits per heavy atom. The smallest absolute Gasteiger partial charge is 0.330 e. The maximum absolute atomic E-state index is 13.5. The summed E-state index contributed by atoms with van der Waals surface area (Å²) in [5.41, 5.74) is 2.08. The minimum Gasteiger partial charge on any atom is -0.496 e. The van der Waals surface area contributed by atoms with E-state index in [1.54, 1.807) is 12.1 Å². The van der Waals surface area contributed by atoms with E-state index in [9.17, 15) is 18.0 Å². The summed E-state index contributed by atoms with van der Waals surface area (Å²) in [6.45, 7) is 1.71. The van der Waals surface area contributed by atoms with Crippen LogP contribution in [0.25, 0.3) is 6.08 Å². The molecule has 158 valence electrons. The number of esters is 1. The molecule has 1 aliphatic heterocycles. The van der Waals surface area contributed by atoms with Crippen molar-refractivity contribution >= 4 is 33.5 Å². The van der Waals surface area contributed by atoms with Crippen molar-refractivity contribution < 1.29 is 27.5 Å². The lowest BCUT2D eigenvalue weighted by atomic mass is 9.98. The molecule has 30 heavy (non-hydrogen) atoms. The molecule has 0 bridgehead atoms. The van der Waals surface area contributed by atoms with E-state index in [0.29, 0.717) is 35.4 Å². The van der Waals surface area contributed by atoms with E-state index in [-0.39, 0.29) is 17.2 Å². The molecular weight excluding hydrogens is 406 g/mol. The normalized spacial score (nSPS) is 13.8. The molecule has 0 spiro atoms. The van der Waals surface area contributed by atoms with Crippen LogP contribution in [0.4, 0.5) is 5.69 Å². The Kier molecular flexibility index (Phi) is 6.26. The van der Waals surface area contributed by atoms with Gasteiger partial charge >= 0.3 is 5.97 Å². The summed E-state index contributed by atoms with van der Waals surface area (Å²) in [6, 6.07) is 9.70. The van der Waals surface area contributed by atoms with Gasteiger partial charge in [0.2, 0.25) is 0 Å². The van der Waals surface area contributed by atoms with E-state index in [4.69, 9.17) is 4.74 Å². The van der Waals surface area contributed by atoms with Gasteiger partial charge in [0.05, 0.1) is 24.8 Å². The van der Waals surface area contributed by atoms with Crippen LogP contribution in [0.1, 0.15) is 34.8 Å². The Bertz CT molecular complexity index is 1120. The predicted octanol–water partition coefficient (Wildman–Crippen LogP) is 3.23. The Hall–Kier alpha value is -3.13. The zero-order valence-corrected chi connectivity index (χ0v) is 17.9. The quantitative estimate of drug-likeness (QED) is 0.398. The van der Waals surface area contributed by atoms with Crippen molar-refractivity contribution in [3.8, 4) is 5.75 Å². The summed E-state index contributed by atoms with van der Waals surface area (Å²) < 4.78 is 38.2. The van der Waals surface area contributed by atoms with Crippen LogP contribution in [0.5, 0.6) is 5.75 Å². The maximum Gasteiger partial charge on any atom is 0.330 e. The number of rotatable bonds is 6. The number of methoxy groups -OCH3 is 2. The molecule has 0 saturated carbocycles. The molecule has 7 nitrogen and oxygen atoms in total.